The molecule has 0 aromatic carbocycles. The molecule has 0 spiro atoms. The first-order valence-electron chi connectivity index (χ1n) is 4.35. The van der Waals surface area contributed by atoms with Crippen LogP contribution in [0.1, 0.15) is 6.42 Å². The maximum Gasteiger partial charge on any atom is 0.118 e. The monoisotopic (exact) mass is 176 g/mol. The molecule has 1 aliphatic rings. The van der Waals surface area contributed by atoms with Gasteiger partial charge >= 0.3 is 0 Å². The van der Waals surface area contributed by atoms with Gasteiger partial charge in [-0.25, -0.2) is 4.39 Å². The highest BCUT2D eigenvalue weighted by Gasteiger charge is 2.31. The Kier molecular flexibility index (Phi) is 3.91. The molecule has 3 N–H and O–H groups in total. The molecule has 1 aliphatic heterocycles. The minimum absolute atomic E-state index is 0.0276. The van der Waals surface area contributed by atoms with E-state index in [0.29, 0.717) is 19.7 Å². The maximum atomic E-state index is 13.1. The highest BCUT2D eigenvalue weighted by atomic mass is 19.1. The number of hydrogen-bond acceptors (Lipinski definition) is 3. The molecule has 0 aromatic heterocycles. The molecular weight excluding hydrogens is 159 g/mol. The van der Waals surface area contributed by atoms with E-state index in [-0.39, 0.29) is 12.0 Å². The van der Waals surface area contributed by atoms with Gasteiger partial charge in [-0.05, 0) is 6.42 Å². The van der Waals surface area contributed by atoms with E-state index in [2.05, 4.69) is 5.32 Å². The molecule has 3 nitrogen and oxygen atoms in total. The highest BCUT2D eigenvalue weighted by Crippen LogP contribution is 2.17. The van der Waals surface area contributed by atoms with E-state index in [1.165, 1.54) is 0 Å². The Morgan fingerprint density at radius 2 is 2.42 bits per heavy atom. The van der Waals surface area contributed by atoms with Crippen molar-refractivity contribution in [2.24, 2.45) is 11.7 Å². The van der Waals surface area contributed by atoms with Crippen LogP contribution in [0.25, 0.3) is 0 Å². The van der Waals surface area contributed by atoms with Crippen LogP contribution >= 0.6 is 0 Å². The van der Waals surface area contributed by atoms with Crippen molar-refractivity contribution in [2.45, 2.75) is 18.6 Å². The van der Waals surface area contributed by atoms with E-state index in [9.17, 15) is 4.39 Å². The summed E-state index contributed by atoms with van der Waals surface area (Å²) in [5, 5.41) is 2.98. The third-order valence-electron chi connectivity index (χ3n) is 2.39. The van der Waals surface area contributed by atoms with Gasteiger partial charge in [-0.3, -0.25) is 0 Å². The lowest BCUT2D eigenvalue weighted by molar-refractivity contribution is 0.166. The van der Waals surface area contributed by atoms with Gasteiger partial charge in [0.15, 0.2) is 0 Å². The SMILES string of the molecule is COCC[C@H](N)[C@H]1CNC[C@H]1F. The van der Waals surface area contributed by atoms with Gasteiger partial charge in [-0.1, -0.05) is 0 Å². The maximum absolute atomic E-state index is 13.1. The summed E-state index contributed by atoms with van der Waals surface area (Å²) >= 11 is 0. The summed E-state index contributed by atoms with van der Waals surface area (Å²) < 4.78 is 18.0. The smallest absolute Gasteiger partial charge is 0.118 e. The molecular formula is C8H17FN2O. The fraction of sp³-hybridized carbons (Fsp3) is 1.00. The zero-order chi connectivity index (χ0) is 8.97. The molecule has 12 heavy (non-hydrogen) atoms. The minimum atomic E-state index is -0.781. The first-order valence-corrected chi connectivity index (χ1v) is 4.35. The summed E-state index contributed by atoms with van der Waals surface area (Å²) in [7, 11) is 1.63. The zero-order valence-corrected chi connectivity index (χ0v) is 7.42. The van der Waals surface area contributed by atoms with E-state index in [1.807, 2.05) is 0 Å². The topological polar surface area (TPSA) is 47.3 Å². The summed E-state index contributed by atoms with van der Waals surface area (Å²) in [6.07, 6.45) is -0.0413. The van der Waals surface area contributed by atoms with Crippen LogP contribution in [-0.2, 0) is 4.74 Å². The normalized spacial score (nSPS) is 32.2. The molecule has 1 fully saturated rings. The van der Waals surface area contributed by atoms with E-state index in [0.717, 1.165) is 6.42 Å². The molecule has 0 unspecified atom stereocenters. The third kappa shape index (κ3) is 2.40. The highest BCUT2D eigenvalue weighted by molar-refractivity contribution is 4.87. The number of alkyl halides is 1. The number of nitrogens with one attached hydrogen (secondary N) is 1. The molecule has 0 aromatic rings. The minimum Gasteiger partial charge on any atom is -0.385 e. The summed E-state index contributed by atoms with van der Waals surface area (Å²) in [5.41, 5.74) is 5.80. The summed E-state index contributed by atoms with van der Waals surface area (Å²) in [6.45, 7) is 1.77. The third-order valence-corrected chi connectivity index (χ3v) is 2.39. The lowest BCUT2D eigenvalue weighted by atomic mass is 9.96. The zero-order valence-electron chi connectivity index (χ0n) is 7.42. The van der Waals surface area contributed by atoms with Crippen LogP contribution in [0.3, 0.4) is 0 Å². The van der Waals surface area contributed by atoms with Crippen LogP contribution in [-0.4, -0.2) is 39.0 Å². The predicted octanol–water partition coefficient (Wildman–Crippen LogP) is -0.0923. The van der Waals surface area contributed by atoms with Crippen LogP contribution in [0.4, 0.5) is 4.39 Å². The molecule has 4 heteroatoms. The van der Waals surface area contributed by atoms with Crippen molar-refractivity contribution in [3.63, 3.8) is 0 Å². The van der Waals surface area contributed by atoms with Crippen molar-refractivity contribution >= 4 is 0 Å². The number of ether oxygens (including phenoxy) is 1. The molecule has 0 bridgehead atoms. The number of methoxy groups -OCH3 is 1. The van der Waals surface area contributed by atoms with E-state index < -0.39 is 6.17 Å². The Labute approximate surface area is 72.5 Å². The molecule has 3 atom stereocenters. The standard InChI is InChI=1S/C8H17FN2O/c1-12-3-2-8(10)6-4-11-5-7(6)9/h6-8,11H,2-5,10H2,1H3/t6-,7+,8-/m0/s1. The molecule has 1 heterocycles. The largest absolute Gasteiger partial charge is 0.385 e. The molecule has 0 radical (unpaired) electrons. The average molecular weight is 176 g/mol. The van der Waals surface area contributed by atoms with Crippen LogP contribution in [0.2, 0.25) is 0 Å². The second-order valence-corrected chi connectivity index (χ2v) is 3.28. The lowest BCUT2D eigenvalue weighted by Gasteiger charge is -2.19. The van der Waals surface area contributed by atoms with Crippen LogP contribution in [0, 0.1) is 5.92 Å². The molecule has 1 rings (SSSR count). The Balaban J connectivity index is 2.25. The van der Waals surface area contributed by atoms with Gasteiger partial charge in [0.25, 0.3) is 0 Å². The fourth-order valence-corrected chi connectivity index (χ4v) is 1.55. The van der Waals surface area contributed by atoms with Crippen molar-refractivity contribution in [3.05, 3.63) is 0 Å². The van der Waals surface area contributed by atoms with Crippen LogP contribution in [0.15, 0.2) is 0 Å². The van der Waals surface area contributed by atoms with Crippen LogP contribution in [0.5, 0.6) is 0 Å². The molecule has 0 aliphatic carbocycles. The Hall–Kier alpha value is -0.190. The molecule has 72 valence electrons. The van der Waals surface area contributed by atoms with Gasteiger partial charge in [-0.2, -0.15) is 0 Å². The number of hydrogen-bond donors (Lipinski definition) is 2. The van der Waals surface area contributed by atoms with E-state index in [1.54, 1.807) is 7.11 Å². The Morgan fingerprint density at radius 1 is 1.67 bits per heavy atom. The van der Waals surface area contributed by atoms with E-state index >= 15 is 0 Å². The van der Waals surface area contributed by atoms with E-state index in [4.69, 9.17) is 10.5 Å². The predicted molar refractivity (Wildman–Crippen MR) is 45.7 cm³/mol. The summed E-state index contributed by atoms with van der Waals surface area (Å²) in [4.78, 5) is 0. The van der Waals surface area contributed by atoms with Gasteiger partial charge in [0.1, 0.15) is 6.17 Å². The van der Waals surface area contributed by atoms with Gasteiger partial charge < -0.3 is 15.8 Å². The quantitative estimate of drug-likeness (QED) is 0.629. The van der Waals surface area contributed by atoms with Gasteiger partial charge in [-0.15, -0.1) is 0 Å². The second kappa shape index (κ2) is 4.74. The average Bonchev–Trinajstić information content (AvgIpc) is 2.47. The second-order valence-electron chi connectivity index (χ2n) is 3.28. The lowest BCUT2D eigenvalue weighted by Crippen LogP contribution is -2.36. The number of nitrogens with two attached hydrogens (primary N) is 1. The molecule has 0 saturated carbocycles. The first kappa shape index (κ1) is 9.89. The Morgan fingerprint density at radius 3 is 2.92 bits per heavy atom. The van der Waals surface area contributed by atoms with Crippen molar-refractivity contribution < 1.29 is 9.13 Å². The summed E-state index contributed by atoms with van der Waals surface area (Å²) in [5.74, 6) is -0.0276. The molecule has 0 amide bonds. The number of rotatable bonds is 4. The fourth-order valence-electron chi connectivity index (χ4n) is 1.55. The van der Waals surface area contributed by atoms with Gasteiger partial charge in [0, 0.05) is 38.8 Å². The number of halogens is 1. The van der Waals surface area contributed by atoms with Gasteiger partial charge in [0.05, 0.1) is 0 Å². The Bertz CT molecular complexity index is 134. The van der Waals surface area contributed by atoms with Crippen molar-refractivity contribution in [1.82, 2.24) is 5.32 Å². The van der Waals surface area contributed by atoms with Crippen LogP contribution < -0.4 is 11.1 Å². The van der Waals surface area contributed by atoms with Crippen molar-refractivity contribution in [3.8, 4) is 0 Å². The van der Waals surface area contributed by atoms with Crippen molar-refractivity contribution in [2.75, 3.05) is 26.8 Å². The first-order chi connectivity index (χ1) is 5.75. The van der Waals surface area contributed by atoms with Gasteiger partial charge in [0.2, 0.25) is 0 Å². The molecule has 1 saturated heterocycles. The summed E-state index contributed by atoms with van der Waals surface area (Å²) in [6, 6.07) is -0.0741. The van der Waals surface area contributed by atoms with Crippen molar-refractivity contribution in [1.29, 1.82) is 0 Å².